The van der Waals surface area contributed by atoms with Gasteiger partial charge < -0.3 is 15.2 Å². The van der Waals surface area contributed by atoms with Crippen LogP contribution in [0.3, 0.4) is 0 Å². The zero-order valence-electron chi connectivity index (χ0n) is 22.7. The van der Waals surface area contributed by atoms with Gasteiger partial charge in [-0.05, 0) is 97.9 Å². The van der Waals surface area contributed by atoms with Gasteiger partial charge in [0.15, 0.2) is 0 Å². The maximum absolute atomic E-state index is 15.3. The Hall–Kier alpha value is -3.62. The van der Waals surface area contributed by atoms with Crippen LogP contribution in [0.15, 0.2) is 54.7 Å². The van der Waals surface area contributed by atoms with Crippen LogP contribution < -0.4 is 5.32 Å². The highest BCUT2D eigenvalue weighted by molar-refractivity contribution is 7.11. The lowest BCUT2D eigenvalue weighted by Gasteiger charge is -2.20. The van der Waals surface area contributed by atoms with Gasteiger partial charge in [-0.1, -0.05) is 36.4 Å². The summed E-state index contributed by atoms with van der Waals surface area (Å²) in [4.78, 5) is 22.4. The second-order valence-corrected chi connectivity index (χ2v) is 12.2. The number of thiazole rings is 1. The van der Waals surface area contributed by atoms with Gasteiger partial charge in [0.1, 0.15) is 17.2 Å². The van der Waals surface area contributed by atoms with Crippen molar-refractivity contribution in [2.75, 3.05) is 0 Å². The molecule has 2 N–H and O–H groups in total. The molecule has 206 valence electrons. The van der Waals surface area contributed by atoms with Crippen molar-refractivity contribution in [3.8, 4) is 11.3 Å². The monoisotopic (exact) mass is 557 g/mol. The van der Waals surface area contributed by atoms with E-state index in [2.05, 4.69) is 21.4 Å². The largest absolute Gasteiger partial charge is 0.445 e. The SMILES string of the molecule is CC(C)(O)c1ncc(C(NC(=O)OCc2ccccc2)c2cc(F)nc(-c3c4c(cc5c3CCC5)CCC4)c2)s1. The molecule has 0 fully saturated rings. The van der Waals surface area contributed by atoms with E-state index in [0.717, 1.165) is 49.7 Å². The molecule has 0 radical (unpaired) electrons. The van der Waals surface area contributed by atoms with Crippen LogP contribution >= 0.6 is 11.3 Å². The molecule has 1 amide bonds. The number of rotatable bonds is 7. The zero-order chi connectivity index (χ0) is 27.9. The molecule has 6 nitrogen and oxygen atoms in total. The van der Waals surface area contributed by atoms with Crippen molar-refractivity contribution in [2.24, 2.45) is 0 Å². The molecule has 2 heterocycles. The predicted molar refractivity (Wildman–Crippen MR) is 153 cm³/mol. The molecule has 0 spiro atoms. The number of nitrogens with one attached hydrogen (secondary N) is 1. The first-order valence-corrected chi connectivity index (χ1v) is 14.6. The van der Waals surface area contributed by atoms with Crippen LogP contribution in [0.5, 0.6) is 0 Å². The van der Waals surface area contributed by atoms with Crippen LogP contribution in [-0.2, 0) is 42.6 Å². The Morgan fingerprint density at radius 1 is 1.07 bits per heavy atom. The molecule has 40 heavy (non-hydrogen) atoms. The lowest BCUT2D eigenvalue weighted by Crippen LogP contribution is -2.29. The number of carbonyl (C=O) groups is 1. The van der Waals surface area contributed by atoms with Gasteiger partial charge in [-0.3, -0.25) is 0 Å². The molecule has 2 aliphatic rings. The molecule has 0 aliphatic heterocycles. The average molecular weight is 558 g/mol. The second kappa shape index (κ2) is 10.7. The molecule has 1 atom stereocenters. The third kappa shape index (κ3) is 5.38. The van der Waals surface area contributed by atoms with Gasteiger partial charge >= 0.3 is 6.09 Å². The molecule has 0 saturated carbocycles. The summed E-state index contributed by atoms with van der Waals surface area (Å²) in [7, 11) is 0. The van der Waals surface area contributed by atoms with Crippen molar-refractivity contribution in [1.82, 2.24) is 15.3 Å². The molecule has 2 aliphatic carbocycles. The van der Waals surface area contributed by atoms with Crippen molar-refractivity contribution in [3.63, 3.8) is 0 Å². The summed E-state index contributed by atoms with van der Waals surface area (Å²) in [6.45, 7) is 3.43. The van der Waals surface area contributed by atoms with E-state index in [4.69, 9.17) is 4.74 Å². The standard InChI is InChI=1S/C32H32FN3O3S/c1-32(2,38)30-34-17-26(40-30)29(36-31(37)39-18-19-8-4-3-5-9-19)22-15-25(35-27(33)16-22)28-23-12-6-10-20(23)14-21-11-7-13-24(21)28/h3-5,8-9,14-17,29,38H,6-7,10-13,18H2,1-2H3,(H,36,37). The molecule has 0 bridgehead atoms. The number of ether oxygens (including phenoxy) is 1. The van der Waals surface area contributed by atoms with Crippen molar-refractivity contribution < 1.29 is 19.0 Å². The Kier molecular flexibility index (Phi) is 7.15. The summed E-state index contributed by atoms with van der Waals surface area (Å²) < 4.78 is 20.8. The molecule has 1 unspecified atom stereocenters. The van der Waals surface area contributed by atoms with Gasteiger partial charge in [0.2, 0.25) is 5.95 Å². The summed E-state index contributed by atoms with van der Waals surface area (Å²) in [6, 6.07) is 14.3. The minimum absolute atomic E-state index is 0.106. The van der Waals surface area contributed by atoms with Crippen molar-refractivity contribution in [3.05, 3.63) is 104 Å². The van der Waals surface area contributed by atoms with Crippen LogP contribution in [0.2, 0.25) is 0 Å². The van der Waals surface area contributed by atoms with E-state index in [-0.39, 0.29) is 6.61 Å². The fraction of sp³-hybridized carbons (Fsp3) is 0.344. The zero-order valence-corrected chi connectivity index (χ0v) is 23.5. The van der Waals surface area contributed by atoms with Crippen LogP contribution in [0.1, 0.15) is 76.0 Å². The number of aromatic nitrogens is 2. The summed E-state index contributed by atoms with van der Waals surface area (Å²) in [6.07, 6.45) is 7.16. The highest BCUT2D eigenvalue weighted by Crippen LogP contribution is 2.41. The lowest BCUT2D eigenvalue weighted by molar-refractivity contribution is 0.0783. The van der Waals surface area contributed by atoms with Crippen LogP contribution in [0.4, 0.5) is 9.18 Å². The fourth-order valence-electron chi connectivity index (χ4n) is 5.84. The summed E-state index contributed by atoms with van der Waals surface area (Å²) in [5.41, 5.74) is 7.17. The number of pyridine rings is 1. The van der Waals surface area contributed by atoms with Crippen LogP contribution in [-0.4, -0.2) is 21.2 Å². The molecule has 4 aromatic rings. The third-order valence-corrected chi connectivity index (χ3v) is 9.06. The molecule has 6 rings (SSSR count). The number of aliphatic hydroxyl groups is 1. The van der Waals surface area contributed by atoms with E-state index >= 15 is 4.39 Å². The number of hydrogen-bond donors (Lipinski definition) is 2. The van der Waals surface area contributed by atoms with E-state index in [0.29, 0.717) is 21.1 Å². The van der Waals surface area contributed by atoms with E-state index in [1.54, 1.807) is 20.0 Å². The summed E-state index contributed by atoms with van der Waals surface area (Å²) >= 11 is 1.27. The number of halogens is 1. The Morgan fingerprint density at radius 2 is 1.77 bits per heavy atom. The molecule has 0 saturated heterocycles. The first kappa shape index (κ1) is 26.6. The third-order valence-electron chi connectivity index (χ3n) is 7.69. The van der Waals surface area contributed by atoms with Gasteiger partial charge in [-0.25, -0.2) is 14.8 Å². The summed E-state index contributed by atoms with van der Waals surface area (Å²) in [5, 5.41) is 14.0. The quantitative estimate of drug-likeness (QED) is 0.251. The Labute approximate surface area is 237 Å². The van der Waals surface area contributed by atoms with E-state index in [9.17, 15) is 9.90 Å². The number of carbonyl (C=O) groups excluding carboxylic acids is 1. The highest BCUT2D eigenvalue weighted by Gasteiger charge is 2.29. The number of aryl methyl sites for hydroxylation is 2. The normalized spacial score (nSPS) is 15.0. The second-order valence-electron chi connectivity index (χ2n) is 11.1. The highest BCUT2D eigenvalue weighted by atomic mass is 32.1. The topological polar surface area (TPSA) is 84.3 Å². The minimum atomic E-state index is -1.15. The van der Waals surface area contributed by atoms with Gasteiger partial charge in [-0.15, -0.1) is 11.3 Å². The number of alkyl carbamates (subject to hydrolysis) is 1. The minimum Gasteiger partial charge on any atom is -0.445 e. The van der Waals surface area contributed by atoms with E-state index in [1.807, 2.05) is 36.4 Å². The van der Waals surface area contributed by atoms with E-state index in [1.165, 1.54) is 39.7 Å². The van der Waals surface area contributed by atoms with Crippen LogP contribution in [0, 0.1) is 5.95 Å². The molecule has 2 aromatic carbocycles. The lowest BCUT2D eigenvalue weighted by atomic mass is 9.91. The molecule has 8 heteroatoms. The van der Waals surface area contributed by atoms with Crippen LogP contribution in [0.25, 0.3) is 11.3 Å². The van der Waals surface area contributed by atoms with Crippen molar-refractivity contribution >= 4 is 17.4 Å². The average Bonchev–Trinajstić information content (AvgIpc) is 3.70. The van der Waals surface area contributed by atoms with Crippen molar-refractivity contribution in [2.45, 2.75) is 70.6 Å². The molecule has 2 aromatic heterocycles. The van der Waals surface area contributed by atoms with Gasteiger partial charge in [0.05, 0.1) is 16.6 Å². The first-order valence-electron chi connectivity index (χ1n) is 13.8. The maximum atomic E-state index is 15.3. The smallest absolute Gasteiger partial charge is 0.408 e. The number of nitrogens with zero attached hydrogens (tertiary/aromatic N) is 2. The number of fused-ring (bicyclic) bond motifs is 2. The summed E-state index contributed by atoms with van der Waals surface area (Å²) in [5.74, 6) is -0.605. The Balaban J connectivity index is 1.39. The van der Waals surface area contributed by atoms with Crippen molar-refractivity contribution in [1.29, 1.82) is 0 Å². The number of hydrogen-bond acceptors (Lipinski definition) is 6. The number of amides is 1. The van der Waals surface area contributed by atoms with Gasteiger partial charge in [0, 0.05) is 11.8 Å². The molecular formula is C32H32FN3O3S. The van der Waals surface area contributed by atoms with Gasteiger partial charge in [-0.2, -0.15) is 4.39 Å². The predicted octanol–water partition coefficient (Wildman–Crippen LogP) is 6.56. The Morgan fingerprint density at radius 3 is 2.42 bits per heavy atom. The van der Waals surface area contributed by atoms with E-state index < -0.39 is 23.7 Å². The first-order chi connectivity index (χ1) is 19.3. The fourth-order valence-corrected chi connectivity index (χ4v) is 6.84. The maximum Gasteiger partial charge on any atom is 0.408 e. The van der Waals surface area contributed by atoms with Gasteiger partial charge in [0.25, 0.3) is 0 Å². The number of benzene rings is 2. The molecular weight excluding hydrogens is 525 g/mol. The Bertz CT molecular complexity index is 1530.